The Labute approximate surface area is 127 Å². The monoisotopic (exact) mass is 306 g/mol. The van der Waals surface area contributed by atoms with Crippen molar-refractivity contribution in [3.8, 4) is 5.75 Å². The van der Waals surface area contributed by atoms with Gasteiger partial charge < -0.3 is 20.7 Å². The molecular weight excluding hydrogens is 288 g/mol. The summed E-state index contributed by atoms with van der Waals surface area (Å²) >= 11 is 1.27. The largest absolute Gasteiger partial charge is 0.497 e. The molecule has 1 amide bonds. The minimum atomic E-state index is -0.221. The Kier molecular flexibility index (Phi) is 4.64. The van der Waals surface area contributed by atoms with E-state index in [9.17, 15) is 4.79 Å². The molecule has 1 aromatic carbocycles. The number of aromatic nitrogens is 1. The summed E-state index contributed by atoms with van der Waals surface area (Å²) in [5.41, 5.74) is 6.74. The molecule has 1 aromatic heterocycles. The fourth-order valence-corrected chi connectivity index (χ4v) is 2.54. The van der Waals surface area contributed by atoms with Gasteiger partial charge in [0.05, 0.1) is 7.11 Å². The van der Waals surface area contributed by atoms with E-state index in [-0.39, 0.29) is 11.7 Å². The van der Waals surface area contributed by atoms with Crippen LogP contribution in [0.25, 0.3) is 0 Å². The van der Waals surface area contributed by atoms with E-state index in [1.54, 1.807) is 7.11 Å². The lowest BCUT2D eigenvalue weighted by Crippen LogP contribution is -2.22. The zero-order chi connectivity index (χ0) is 15.4. The lowest BCUT2D eigenvalue weighted by molar-refractivity contribution is 0.0955. The average molecular weight is 306 g/mol. The number of ether oxygens (including phenoxy) is 1. The van der Waals surface area contributed by atoms with E-state index in [1.165, 1.54) is 11.3 Å². The lowest BCUT2D eigenvalue weighted by atomic mass is 10.2. The van der Waals surface area contributed by atoms with Crippen molar-refractivity contribution in [2.24, 2.45) is 0 Å². The van der Waals surface area contributed by atoms with Crippen LogP contribution in [-0.2, 0) is 6.54 Å². The van der Waals surface area contributed by atoms with Gasteiger partial charge in [0.25, 0.3) is 5.91 Å². The Morgan fingerprint density at radius 1 is 1.48 bits per heavy atom. The van der Waals surface area contributed by atoms with Gasteiger partial charge in [0.2, 0.25) is 0 Å². The maximum atomic E-state index is 12.2. The van der Waals surface area contributed by atoms with Crippen LogP contribution in [0.4, 0.5) is 10.9 Å². The summed E-state index contributed by atoms with van der Waals surface area (Å²) in [6, 6.07) is 7.53. The second-order valence-electron chi connectivity index (χ2n) is 4.64. The number of benzene rings is 1. The standard InChI is InChI=1S/C14H18N4O2S/c1-18(2)14-17-12(15)11(21-14)13(19)16-8-9-5-4-6-10(7-9)20-3/h4-7H,8,15H2,1-3H3,(H,16,19). The summed E-state index contributed by atoms with van der Waals surface area (Å²) in [7, 11) is 5.32. The van der Waals surface area contributed by atoms with Gasteiger partial charge in [-0.15, -0.1) is 0 Å². The molecule has 7 heteroatoms. The Balaban J connectivity index is 2.04. The molecule has 0 bridgehead atoms. The van der Waals surface area contributed by atoms with Crippen LogP contribution in [0, 0.1) is 0 Å². The zero-order valence-electron chi connectivity index (χ0n) is 12.2. The van der Waals surface area contributed by atoms with E-state index in [0.717, 1.165) is 11.3 Å². The molecule has 3 N–H and O–H groups in total. The average Bonchev–Trinajstić information content (AvgIpc) is 2.87. The van der Waals surface area contributed by atoms with Crippen molar-refractivity contribution in [3.05, 3.63) is 34.7 Å². The van der Waals surface area contributed by atoms with E-state index in [2.05, 4.69) is 10.3 Å². The van der Waals surface area contributed by atoms with E-state index in [4.69, 9.17) is 10.5 Å². The van der Waals surface area contributed by atoms with Gasteiger partial charge in [-0.3, -0.25) is 4.79 Å². The predicted molar refractivity (Wildman–Crippen MR) is 85.0 cm³/mol. The molecule has 21 heavy (non-hydrogen) atoms. The van der Waals surface area contributed by atoms with E-state index in [1.807, 2.05) is 43.3 Å². The van der Waals surface area contributed by atoms with Crippen molar-refractivity contribution >= 4 is 28.2 Å². The first-order valence-corrected chi connectivity index (χ1v) is 7.17. The topological polar surface area (TPSA) is 80.5 Å². The van der Waals surface area contributed by atoms with Crippen molar-refractivity contribution in [1.82, 2.24) is 10.3 Å². The van der Waals surface area contributed by atoms with E-state index < -0.39 is 0 Å². The summed E-state index contributed by atoms with van der Waals surface area (Å²) in [6.07, 6.45) is 0. The summed E-state index contributed by atoms with van der Waals surface area (Å²) in [4.78, 5) is 18.6. The highest BCUT2D eigenvalue weighted by Crippen LogP contribution is 2.26. The van der Waals surface area contributed by atoms with Gasteiger partial charge in [0.15, 0.2) is 5.13 Å². The molecule has 0 atom stereocenters. The van der Waals surface area contributed by atoms with Crippen LogP contribution in [0.3, 0.4) is 0 Å². The summed E-state index contributed by atoms with van der Waals surface area (Å²) in [5.74, 6) is 0.793. The van der Waals surface area contributed by atoms with Crippen molar-refractivity contribution in [2.45, 2.75) is 6.54 Å². The third kappa shape index (κ3) is 3.63. The van der Waals surface area contributed by atoms with Crippen molar-refractivity contribution < 1.29 is 9.53 Å². The van der Waals surface area contributed by atoms with Gasteiger partial charge in [-0.1, -0.05) is 23.5 Å². The third-order valence-corrected chi connectivity index (χ3v) is 4.06. The summed E-state index contributed by atoms with van der Waals surface area (Å²) < 4.78 is 5.15. The highest BCUT2D eigenvalue weighted by atomic mass is 32.1. The normalized spacial score (nSPS) is 10.2. The number of hydrogen-bond donors (Lipinski definition) is 2. The predicted octanol–water partition coefficient (Wildman–Crippen LogP) is 1.73. The number of nitrogens with zero attached hydrogens (tertiary/aromatic N) is 2. The number of methoxy groups -OCH3 is 1. The second kappa shape index (κ2) is 6.45. The first kappa shape index (κ1) is 15.1. The van der Waals surface area contributed by atoms with Crippen LogP contribution >= 0.6 is 11.3 Å². The Morgan fingerprint density at radius 3 is 2.86 bits per heavy atom. The minimum Gasteiger partial charge on any atom is -0.497 e. The molecule has 1 heterocycles. The van der Waals surface area contributed by atoms with E-state index in [0.29, 0.717) is 16.6 Å². The Hall–Kier alpha value is -2.28. The van der Waals surface area contributed by atoms with Gasteiger partial charge >= 0.3 is 0 Å². The number of hydrogen-bond acceptors (Lipinski definition) is 6. The van der Waals surface area contributed by atoms with Crippen LogP contribution in [0.15, 0.2) is 24.3 Å². The van der Waals surface area contributed by atoms with E-state index >= 15 is 0 Å². The molecule has 0 spiro atoms. The molecule has 0 aliphatic heterocycles. The molecular formula is C14H18N4O2S. The number of nitrogens with one attached hydrogen (secondary N) is 1. The number of carbonyl (C=O) groups excluding carboxylic acids is 1. The number of anilines is 2. The first-order chi connectivity index (χ1) is 10.0. The molecule has 112 valence electrons. The van der Waals surface area contributed by atoms with Crippen LogP contribution in [-0.4, -0.2) is 32.1 Å². The lowest BCUT2D eigenvalue weighted by Gasteiger charge is -2.06. The quantitative estimate of drug-likeness (QED) is 0.879. The minimum absolute atomic E-state index is 0.221. The fraction of sp³-hybridized carbons (Fsp3) is 0.286. The number of thiazole rings is 1. The van der Waals surface area contributed by atoms with Gasteiger partial charge in [-0.2, -0.15) is 0 Å². The summed E-state index contributed by atoms with van der Waals surface area (Å²) in [6.45, 7) is 0.407. The first-order valence-electron chi connectivity index (χ1n) is 6.36. The Bertz CT molecular complexity index is 640. The molecule has 0 unspecified atom stereocenters. The molecule has 0 aliphatic rings. The number of amides is 1. The highest BCUT2D eigenvalue weighted by Gasteiger charge is 2.16. The molecule has 0 saturated carbocycles. The number of rotatable bonds is 5. The van der Waals surface area contributed by atoms with Crippen molar-refractivity contribution in [1.29, 1.82) is 0 Å². The smallest absolute Gasteiger partial charge is 0.265 e. The third-order valence-electron chi connectivity index (χ3n) is 2.82. The summed E-state index contributed by atoms with van der Waals surface area (Å²) in [5, 5.41) is 3.54. The van der Waals surface area contributed by atoms with Gasteiger partial charge in [0.1, 0.15) is 16.4 Å². The van der Waals surface area contributed by atoms with Gasteiger partial charge in [0, 0.05) is 20.6 Å². The number of carbonyl (C=O) groups is 1. The molecule has 0 aliphatic carbocycles. The van der Waals surface area contributed by atoms with Crippen molar-refractivity contribution in [2.75, 3.05) is 31.8 Å². The highest BCUT2D eigenvalue weighted by molar-refractivity contribution is 7.18. The van der Waals surface area contributed by atoms with Gasteiger partial charge in [-0.25, -0.2) is 4.98 Å². The maximum Gasteiger partial charge on any atom is 0.265 e. The number of nitrogens with two attached hydrogens (primary N) is 1. The zero-order valence-corrected chi connectivity index (χ0v) is 13.0. The number of nitrogen functional groups attached to an aromatic ring is 1. The maximum absolute atomic E-state index is 12.2. The fourth-order valence-electron chi connectivity index (χ4n) is 1.72. The van der Waals surface area contributed by atoms with Crippen LogP contribution in [0.5, 0.6) is 5.75 Å². The Morgan fingerprint density at radius 2 is 2.24 bits per heavy atom. The van der Waals surface area contributed by atoms with Crippen LogP contribution in [0.2, 0.25) is 0 Å². The molecule has 0 radical (unpaired) electrons. The molecule has 2 aromatic rings. The molecule has 6 nitrogen and oxygen atoms in total. The SMILES string of the molecule is COc1cccc(CNC(=O)c2sc(N(C)C)nc2N)c1. The second-order valence-corrected chi connectivity index (χ2v) is 5.62. The molecule has 0 fully saturated rings. The van der Waals surface area contributed by atoms with Gasteiger partial charge in [-0.05, 0) is 17.7 Å². The van der Waals surface area contributed by atoms with Crippen molar-refractivity contribution in [3.63, 3.8) is 0 Å². The molecule has 0 saturated heterocycles. The molecule has 2 rings (SSSR count). The van der Waals surface area contributed by atoms with Crippen LogP contribution < -0.4 is 20.7 Å². The van der Waals surface area contributed by atoms with Crippen LogP contribution in [0.1, 0.15) is 15.2 Å².